The van der Waals surface area contributed by atoms with E-state index in [4.69, 9.17) is 9.47 Å². The number of para-hydroxylation sites is 3. The third-order valence-electron chi connectivity index (χ3n) is 5.22. The van der Waals surface area contributed by atoms with Gasteiger partial charge in [0.25, 0.3) is 0 Å². The summed E-state index contributed by atoms with van der Waals surface area (Å²) in [6, 6.07) is 14.6. The second kappa shape index (κ2) is 12.6. The minimum Gasteiger partial charge on any atom is -0.495 e. The number of anilines is 1. The fourth-order valence-electron chi connectivity index (χ4n) is 3.61. The highest BCUT2D eigenvalue weighted by Crippen LogP contribution is 2.31. The van der Waals surface area contributed by atoms with Crippen LogP contribution in [0.4, 0.5) is 10.1 Å². The van der Waals surface area contributed by atoms with E-state index in [1.165, 1.54) is 6.07 Å². The Morgan fingerprint density at radius 2 is 1.87 bits per heavy atom. The smallest absolute Gasteiger partial charge is 0.191 e. The van der Waals surface area contributed by atoms with Gasteiger partial charge in [-0.05, 0) is 43.5 Å². The van der Waals surface area contributed by atoms with Gasteiger partial charge < -0.3 is 25.0 Å². The summed E-state index contributed by atoms with van der Waals surface area (Å²) in [5.41, 5.74) is 1.14. The number of hydrogen-bond donors (Lipinski definition) is 2. The standard InChI is InChI=1S/C23H31FN4O2.HI/c1-17(30-21-10-6-4-8-19(21)24)14-26-23(25-2)27-15-18-12-13-28(16-18)20-9-5-7-11-22(20)29-3;/h4-11,17-18H,12-16H2,1-3H3,(H2,25,26,27);1H. The van der Waals surface area contributed by atoms with E-state index in [0.717, 1.165) is 43.5 Å². The van der Waals surface area contributed by atoms with Gasteiger partial charge >= 0.3 is 0 Å². The number of ether oxygens (including phenoxy) is 2. The van der Waals surface area contributed by atoms with E-state index in [2.05, 4.69) is 26.6 Å². The van der Waals surface area contributed by atoms with E-state index in [1.54, 1.807) is 32.4 Å². The molecule has 2 N–H and O–H groups in total. The highest BCUT2D eigenvalue weighted by Gasteiger charge is 2.24. The molecule has 0 amide bonds. The van der Waals surface area contributed by atoms with Gasteiger partial charge in [-0.1, -0.05) is 24.3 Å². The molecule has 0 bridgehead atoms. The van der Waals surface area contributed by atoms with Gasteiger partial charge in [-0.2, -0.15) is 0 Å². The summed E-state index contributed by atoms with van der Waals surface area (Å²) in [6.07, 6.45) is 0.905. The molecular weight excluding hydrogens is 510 g/mol. The molecule has 2 aromatic rings. The lowest BCUT2D eigenvalue weighted by Crippen LogP contribution is -2.43. The molecule has 2 unspecified atom stereocenters. The summed E-state index contributed by atoms with van der Waals surface area (Å²) in [5, 5.41) is 6.65. The zero-order valence-corrected chi connectivity index (χ0v) is 20.6. The van der Waals surface area contributed by atoms with Crippen LogP contribution < -0.4 is 25.0 Å². The maximum atomic E-state index is 13.7. The molecule has 0 aliphatic carbocycles. The average molecular weight is 542 g/mol. The van der Waals surface area contributed by atoms with E-state index < -0.39 is 0 Å². The van der Waals surface area contributed by atoms with E-state index in [0.29, 0.717) is 12.5 Å². The molecule has 2 aromatic carbocycles. The van der Waals surface area contributed by atoms with Crippen molar-refractivity contribution >= 4 is 35.6 Å². The van der Waals surface area contributed by atoms with Gasteiger partial charge in [0.05, 0.1) is 19.3 Å². The predicted octanol–water partition coefficient (Wildman–Crippen LogP) is 3.91. The minimum absolute atomic E-state index is 0. The van der Waals surface area contributed by atoms with Crippen molar-refractivity contribution in [2.75, 3.05) is 45.2 Å². The normalized spacial score (nSPS) is 17.0. The lowest BCUT2D eigenvalue weighted by atomic mass is 10.1. The second-order valence-electron chi connectivity index (χ2n) is 7.47. The first-order valence-electron chi connectivity index (χ1n) is 10.3. The van der Waals surface area contributed by atoms with Crippen LogP contribution in [0.1, 0.15) is 13.3 Å². The van der Waals surface area contributed by atoms with Crippen molar-refractivity contribution in [1.29, 1.82) is 0 Å². The molecular formula is C23H32FIN4O2. The van der Waals surface area contributed by atoms with Crippen LogP contribution in [0.5, 0.6) is 11.5 Å². The number of methoxy groups -OCH3 is 1. The van der Waals surface area contributed by atoms with Gasteiger partial charge in [-0.15, -0.1) is 24.0 Å². The minimum atomic E-state index is -0.354. The molecule has 3 rings (SSSR count). The Hall–Kier alpha value is -2.23. The lowest BCUT2D eigenvalue weighted by Gasteiger charge is -2.22. The first kappa shape index (κ1) is 25.0. The van der Waals surface area contributed by atoms with E-state index in [-0.39, 0.29) is 41.6 Å². The average Bonchev–Trinajstić information content (AvgIpc) is 3.24. The fourth-order valence-corrected chi connectivity index (χ4v) is 3.61. The van der Waals surface area contributed by atoms with Crippen LogP contribution in [0.3, 0.4) is 0 Å². The molecule has 2 atom stereocenters. The molecule has 0 radical (unpaired) electrons. The van der Waals surface area contributed by atoms with Gasteiger partial charge in [-0.3, -0.25) is 4.99 Å². The fraction of sp³-hybridized carbons (Fsp3) is 0.435. The molecule has 0 spiro atoms. The van der Waals surface area contributed by atoms with Crippen LogP contribution in [-0.4, -0.2) is 52.4 Å². The summed E-state index contributed by atoms with van der Waals surface area (Å²) in [4.78, 5) is 6.65. The largest absolute Gasteiger partial charge is 0.495 e. The molecule has 1 aliphatic heterocycles. The zero-order chi connectivity index (χ0) is 21.3. The second-order valence-corrected chi connectivity index (χ2v) is 7.47. The van der Waals surface area contributed by atoms with Crippen LogP contribution in [-0.2, 0) is 0 Å². The maximum Gasteiger partial charge on any atom is 0.191 e. The number of guanidine groups is 1. The van der Waals surface area contributed by atoms with Gasteiger partial charge in [0, 0.05) is 26.7 Å². The first-order valence-corrected chi connectivity index (χ1v) is 10.3. The lowest BCUT2D eigenvalue weighted by molar-refractivity contribution is 0.214. The van der Waals surface area contributed by atoms with Gasteiger partial charge in [-0.25, -0.2) is 4.39 Å². The number of nitrogens with one attached hydrogen (secondary N) is 2. The zero-order valence-electron chi connectivity index (χ0n) is 18.3. The van der Waals surface area contributed by atoms with Gasteiger partial charge in [0.1, 0.15) is 11.9 Å². The molecule has 1 heterocycles. The van der Waals surface area contributed by atoms with Crippen molar-refractivity contribution < 1.29 is 13.9 Å². The van der Waals surface area contributed by atoms with Crippen LogP contribution in [0.15, 0.2) is 53.5 Å². The summed E-state index contributed by atoms with van der Waals surface area (Å²) < 4.78 is 24.9. The number of benzene rings is 2. The van der Waals surface area contributed by atoms with Crippen LogP contribution in [0.25, 0.3) is 0 Å². The number of rotatable bonds is 8. The molecule has 1 fully saturated rings. The van der Waals surface area contributed by atoms with Crippen molar-refractivity contribution in [3.63, 3.8) is 0 Å². The Kier molecular flexibility index (Phi) is 10.2. The Morgan fingerprint density at radius 1 is 1.16 bits per heavy atom. The van der Waals surface area contributed by atoms with Crippen molar-refractivity contribution in [3.05, 3.63) is 54.3 Å². The molecule has 1 aliphatic rings. The molecule has 0 saturated carbocycles. The summed E-state index contributed by atoms with van der Waals surface area (Å²) in [5.74, 6) is 2.05. The Labute approximate surface area is 201 Å². The van der Waals surface area contributed by atoms with Gasteiger partial charge in [0.15, 0.2) is 17.5 Å². The number of hydrogen-bond acceptors (Lipinski definition) is 4. The molecule has 6 nitrogen and oxygen atoms in total. The molecule has 31 heavy (non-hydrogen) atoms. The molecule has 0 aromatic heterocycles. The Bertz CT molecular complexity index is 852. The SMILES string of the molecule is CN=C(NCC1CCN(c2ccccc2OC)C1)NCC(C)Oc1ccccc1F.I. The van der Waals surface area contributed by atoms with E-state index >= 15 is 0 Å². The third-order valence-corrected chi connectivity index (χ3v) is 5.22. The van der Waals surface area contributed by atoms with E-state index in [9.17, 15) is 4.39 Å². The molecule has 8 heteroatoms. The van der Waals surface area contributed by atoms with E-state index in [1.807, 2.05) is 25.1 Å². The van der Waals surface area contributed by atoms with Crippen molar-refractivity contribution in [3.8, 4) is 11.5 Å². The summed E-state index contributed by atoms with van der Waals surface area (Å²) in [6.45, 7) is 5.22. The highest BCUT2D eigenvalue weighted by molar-refractivity contribution is 14.0. The molecule has 170 valence electrons. The van der Waals surface area contributed by atoms with Crippen LogP contribution >= 0.6 is 24.0 Å². The van der Waals surface area contributed by atoms with Gasteiger partial charge in [0.2, 0.25) is 0 Å². The predicted molar refractivity (Wildman–Crippen MR) is 135 cm³/mol. The topological polar surface area (TPSA) is 58.1 Å². The third kappa shape index (κ3) is 7.15. The van der Waals surface area contributed by atoms with Crippen molar-refractivity contribution in [2.24, 2.45) is 10.9 Å². The van der Waals surface area contributed by atoms with Crippen LogP contribution in [0, 0.1) is 11.7 Å². The maximum absolute atomic E-state index is 13.7. The van der Waals surface area contributed by atoms with Crippen molar-refractivity contribution in [1.82, 2.24) is 10.6 Å². The first-order chi connectivity index (χ1) is 14.6. The summed E-state index contributed by atoms with van der Waals surface area (Å²) >= 11 is 0. The number of halogens is 2. The van der Waals surface area contributed by atoms with Crippen molar-refractivity contribution in [2.45, 2.75) is 19.4 Å². The quantitative estimate of drug-likeness (QED) is 0.301. The summed E-state index contributed by atoms with van der Waals surface area (Å²) in [7, 11) is 3.45. The Balaban J connectivity index is 0.00000341. The van der Waals surface area contributed by atoms with Crippen LogP contribution in [0.2, 0.25) is 0 Å². The Morgan fingerprint density at radius 3 is 2.58 bits per heavy atom. The molecule has 1 saturated heterocycles. The number of aliphatic imine (C=N–C) groups is 1. The number of nitrogens with zero attached hydrogens (tertiary/aromatic N) is 2. The highest BCUT2D eigenvalue weighted by atomic mass is 127. The monoisotopic (exact) mass is 542 g/mol.